The normalized spacial score (nSPS) is 11.6. The topological polar surface area (TPSA) is 67.1 Å². The minimum absolute atomic E-state index is 0.190. The smallest absolute Gasteiger partial charge is 0.191 e. The van der Waals surface area contributed by atoms with E-state index in [9.17, 15) is 4.39 Å². The van der Waals surface area contributed by atoms with Gasteiger partial charge in [-0.3, -0.25) is 0 Å². The Balaban J connectivity index is 2.02. The van der Waals surface area contributed by atoms with Gasteiger partial charge in [0.15, 0.2) is 11.8 Å². The third-order valence-corrected chi connectivity index (χ3v) is 4.06. The number of hydrogen-bond donors (Lipinski definition) is 2. The van der Waals surface area contributed by atoms with Crippen LogP contribution in [-0.2, 0) is 20.1 Å². The molecule has 2 N–H and O–H groups in total. The third-order valence-electron chi connectivity index (χ3n) is 4.06. The molecule has 136 valence electrons. The highest BCUT2D eigenvalue weighted by Gasteiger charge is 2.06. The van der Waals surface area contributed by atoms with Crippen molar-refractivity contribution in [1.82, 2.24) is 25.4 Å². The number of rotatable bonds is 7. The van der Waals surface area contributed by atoms with E-state index in [1.54, 1.807) is 13.0 Å². The molecular formula is C18H27FN6. The number of aromatic nitrogens is 3. The first-order valence-corrected chi connectivity index (χ1v) is 8.63. The Kier molecular flexibility index (Phi) is 6.91. The van der Waals surface area contributed by atoms with Gasteiger partial charge in [-0.25, -0.2) is 9.38 Å². The van der Waals surface area contributed by atoms with Gasteiger partial charge in [0.1, 0.15) is 11.6 Å². The molecule has 0 bridgehead atoms. The molecule has 1 heterocycles. The minimum Gasteiger partial charge on any atom is -0.356 e. The molecule has 0 radical (unpaired) electrons. The highest BCUT2D eigenvalue weighted by atomic mass is 19.1. The number of nitrogens with one attached hydrogen (secondary N) is 2. The van der Waals surface area contributed by atoms with Crippen LogP contribution in [0.2, 0.25) is 0 Å². The SMILES string of the molecule is CCCCNC(=NCc1ccc(F)c(C)c1)NCc1nnc(C)n1C. The average molecular weight is 346 g/mol. The van der Waals surface area contributed by atoms with Gasteiger partial charge in [-0.05, 0) is 37.5 Å². The summed E-state index contributed by atoms with van der Waals surface area (Å²) in [4.78, 5) is 4.60. The van der Waals surface area contributed by atoms with E-state index in [1.165, 1.54) is 6.07 Å². The molecule has 1 aromatic heterocycles. The molecule has 0 aliphatic carbocycles. The van der Waals surface area contributed by atoms with Gasteiger partial charge < -0.3 is 15.2 Å². The van der Waals surface area contributed by atoms with Crippen LogP contribution in [0.15, 0.2) is 23.2 Å². The predicted octanol–water partition coefficient (Wildman–Crippen LogP) is 2.61. The van der Waals surface area contributed by atoms with E-state index >= 15 is 0 Å². The highest BCUT2D eigenvalue weighted by Crippen LogP contribution is 2.10. The lowest BCUT2D eigenvalue weighted by Crippen LogP contribution is -2.38. The van der Waals surface area contributed by atoms with Crippen molar-refractivity contribution in [2.75, 3.05) is 6.54 Å². The monoisotopic (exact) mass is 346 g/mol. The number of aliphatic imine (C=N–C) groups is 1. The zero-order chi connectivity index (χ0) is 18.2. The summed E-state index contributed by atoms with van der Waals surface area (Å²) in [6.07, 6.45) is 2.18. The molecule has 2 aromatic rings. The molecule has 0 unspecified atom stereocenters. The van der Waals surface area contributed by atoms with Gasteiger partial charge in [-0.2, -0.15) is 0 Å². The summed E-state index contributed by atoms with van der Waals surface area (Å²) in [6, 6.07) is 5.08. The quantitative estimate of drug-likeness (QED) is 0.459. The van der Waals surface area contributed by atoms with E-state index < -0.39 is 0 Å². The van der Waals surface area contributed by atoms with Gasteiger partial charge >= 0.3 is 0 Å². The van der Waals surface area contributed by atoms with Gasteiger partial charge in [0.05, 0.1) is 13.1 Å². The summed E-state index contributed by atoms with van der Waals surface area (Å²) < 4.78 is 15.3. The van der Waals surface area contributed by atoms with Crippen molar-refractivity contribution in [2.24, 2.45) is 12.0 Å². The number of halogens is 1. The molecule has 0 saturated heterocycles. The zero-order valence-electron chi connectivity index (χ0n) is 15.4. The molecule has 0 fully saturated rings. The zero-order valence-corrected chi connectivity index (χ0v) is 15.4. The predicted molar refractivity (Wildman–Crippen MR) is 97.8 cm³/mol. The summed E-state index contributed by atoms with van der Waals surface area (Å²) in [6.45, 7) is 7.70. The van der Waals surface area contributed by atoms with Gasteiger partial charge in [-0.1, -0.05) is 25.5 Å². The Morgan fingerprint density at radius 2 is 2.04 bits per heavy atom. The summed E-state index contributed by atoms with van der Waals surface area (Å²) in [5.74, 6) is 2.25. The molecule has 0 spiro atoms. The molecule has 0 amide bonds. The Morgan fingerprint density at radius 3 is 2.68 bits per heavy atom. The summed E-state index contributed by atoms with van der Waals surface area (Å²) in [5.41, 5.74) is 1.61. The van der Waals surface area contributed by atoms with Crippen LogP contribution in [0, 0.1) is 19.7 Å². The summed E-state index contributed by atoms with van der Waals surface area (Å²) in [5, 5.41) is 14.8. The lowest BCUT2D eigenvalue weighted by atomic mass is 10.1. The Labute approximate surface area is 148 Å². The van der Waals surface area contributed by atoms with E-state index in [4.69, 9.17) is 0 Å². The van der Waals surface area contributed by atoms with E-state index in [0.717, 1.165) is 42.6 Å². The first-order valence-electron chi connectivity index (χ1n) is 8.63. The molecule has 1 aromatic carbocycles. The van der Waals surface area contributed by atoms with Crippen molar-refractivity contribution >= 4 is 5.96 Å². The van der Waals surface area contributed by atoms with Crippen molar-refractivity contribution in [3.63, 3.8) is 0 Å². The first-order chi connectivity index (χ1) is 12.0. The van der Waals surface area contributed by atoms with Gasteiger partial charge in [0.2, 0.25) is 0 Å². The van der Waals surface area contributed by atoms with Crippen molar-refractivity contribution in [3.8, 4) is 0 Å². The third kappa shape index (κ3) is 5.55. The van der Waals surface area contributed by atoms with Crippen LogP contribution in [0.25, 0.3) is 0 Å². The molecule has 6 nitrogen and oxygen atoms in total. The Bertz CT molecular complexity index is 722. The van der Waals surface area contributed by atoms with Crippen LogP contribution in [0.1, 0.15) is 42.5 Å². The largest absolute Gasteiger partial charge is 0.356 e. The molecule has 25 heavy (non-hydrogen) atoms. The molecule has 0 saturated carbocycles. The maximum atomic E-state index is 13.4. The minimum atomic E-state index is -0.190. The summed E-state index contributed by atoms with van der Waals surface area (Å²) in [7, 11) is 1.94. The maximum Gasteiger partial charge on any atom is 0.191 e. The average Bonchev–Trinajstić information content (AvgIpc) is 2.92. The highest BCUT2D eigenvalue weighted by molar-refractivity contribution is 5.79. The Morgan fingerprint density at radius 1 is 1.24 bits per heavy atom. The van der Waals surface area contributed by atoms with Crippen molar-refractivity contribution < 1.29 is 4.39 Å². The van der Waals surface area contributed by atoms with Crippen LogP contribution in [-0.4, -0.2) is 27.3 Å². The van der Waals surface area contributed by atoms with Gasteiger partial charge in [0.25, 0.3) is 0 Å². The fourth-order valence-electron chi connectivity index (χ4n) is 2.30. The van der Waals surface area contributed by atoms with E-state index in [1.807, 2.05) is 24.6 Å². The molecule has 7 heteroatoms. The van der Waals surface area contributed by atoms with Crippen LogP contribution in [0.4, 0.5) is 4.39 Å². The number of guanidine groups is 1. The number of aryl methyl sites for hydroxylation is 2. The molecule has 2 rings (SSSR count). The number of nitrogens with zero attached hydrogens (tertiary/aromatic N) is 4. The second-order valence-corrected chi connectivity index (χ2v) is 6.10. The standard InChI is InChI=1S/C18H27FN6/c1-5-6-9-20-18(22-12-17-24-23-14(3)25(17)4)21-11-15-7-8-16(19)13(2)10-15/h7-8,10H,5-6,9,11-12H2,1-4H3,(H2,20,21,22). The number of hydrogen-bond acceptors (Lipinski definition) is 3. The van der Waals surface area contributed by atoms with Crippen LogP contribution in [0.5, 0.6) is 0 Å². The first kappa shape index (κ1) is 18.9. The second-order valence-electron chi connectivity index (χ2n) is 6.10. The van der Waals surface area contributed by atoms with Gasteiger partial charge in [-0.15, -0.1) is 10.2 Å². The van der Waals surface area contributed by atoms with Crippen molar-refractivity contribution in [2.45, 2.75) is 46.7 Å². The maximum absolute atomic E-state index is 13.4. The van der Waals surface area contributed by atoms with Gasteiger partial charge in [0, 0.05) is 13.6 Å². The van der Waals surface area contributed by atoms with Crippen molar-refractivity contribution in [1.29, 1.82) is 0 Å². The number of unbranched alkanes of at least 4 members (excludes halogenated alkanes) is 1. The second kappa shape index (κ2) is 9.15. The summed E-state index contributed by atoms with van der Waals surface area (Å²) >= 11 is 0. The molecular weight excluding hydrogens is 319 g/mol. The van der Waals surface area contributed by atoms with E-state index in [0.29, 0.717) is 18.7 Å². The fourth-order valence-corrected chi connectivity index (χ4v) is 2.30. The lowest BCUT2D eigenvalue weighted by Gasteiger charge is -2.12. The van der Waals surface area contributed by atoms with E-state index in [2.05, 4.69) is 32.7 Å². The Hall–Kier alpha value is -2.44. The van der Waals surface area contributed by atoms with Crippen LogP contribution >= 0.6 is 0 Å². The van der Waals surface area contributed by atoms with Crippen LogP contribution in [0.3, 0.4) is 0 Å². The molecule has 0 aliphatic rings. The van der Waals surface area contributed by atoms with Crippen molar-refractivity contribution in [3.05, 3.63) is 46.8 Å². The fraction of sp³-hybridized carbons (Fsp3) is 0.500. The lowest BCUT2D eigenvalue weighted by molar-refractivity contribution is 0.617. The molecule has 0 atom stereocenters. The van der Waals surface area contributed by atoms with Crippen LogP contribution < -0.4 is 10.6 Å². The number of benzene rings is 1. The molecule has 0 aliphatic heterocycles. The van der Waals surface area contributed by atoms with E-state index in [-0.39, 0.29) is 5.82 Å².